The third-order valence-corrected chi connectivity index (χ3v) is 5.50. The maximum Gasteiger partial charge on any atom is 0.256 e. The summed E-state index contributed by atoms with van der Waals surface area (Å²) in [5, 5.41) is 10.2. The van der Waals surface area contributed by atoms with Crippen molar-refractivity contribution in [2.24, 2.45) is 10.8 Å². The fourth-order valence-electron chi connectivity index (χ4n) is 3.66. The molecule has 24 heavy (non-hydrogen) atoms. The van der Waals surface area contributed by atoms with Gasteiger partial charge in [-0.2, -0.15) is 0 Å². The number of aromatic nitrogens is 2. The molecule has 7 nitrogen and oxygen atoms in total. The van der Waals surface area contributed by atoms with Gasteiger partial charge in [-0.3, -0.25) is 14.4 Å². The Morgan fingerprint density at radius 2 is 1.83 bits per heavy atom. The zero-order valence-corrected chi connectivity index (χ0v) is 14.8. The van der Waals surface area contributed by atoms with Crippen LogP contribution in [0.4, 0.5) is 5.82 Å². The third kappa shape index (κ3) is 2.57. The molecule has 0 bridgehead atoms. The van der Waals surface area contributed by atoms with Crippen molar-refractivity contribution in [2.45, 2.75) is 38.3 Å². The van der Waals surface area contributed by atoms with Crippen LogP contribution in [0.5, 0.6) is 0 Å². The molecule has 8 heteroatoms. The number of ketones is 2. The molecule has 0 atom stereocenters. The molecular formula is C16H21N3O4S. The minimum atomic E-state index is -1.25. The first-order chi connectivity index (χ1) is 11.2. The predicted molar refractivity (Wildman–Crippen MR) is 90.2 cm³/mol. The lowest BCUT2D eigenvalue weighted by Crippen LogP contribution is -2.58. The maximum absolute atomic E-state index is 12.8. The lowest BCUT2D eigenvalue weighted by Gasteiger charge is -2.45. The molecule has 1 aliphatic heterocycles. The number of nitrogens with one attached hydrogen (secondary N) is 1. The van der Waals surface area contributed by atoms with E-state index in [1.54, 1.807) is 6.26 Å². The molecule has 2 aliphatic rings. The summed E-state index contributed by atoms with van der Waals surface area (Å²) in [5.74, 6) is 0.0593. The predicted octanol–water partition coefficient (Wildman–Crippen LogP) is 0.749. The van der Waals surface area contributed by atoms with Gasteiger partial charge in [-0.25, -0.2) is 4.98 Å². The van der Waals surface area contributed by atoms with E-state index >= 15 is 0 Å². The molecule has 1 aliphatic carbocycles. The monoisotopic (exact) mass is 351 g/mol. The molecule has 0 radical (unpaired) electrons. The van der Waals surface area contributed by atoms with Crippen molar-refractivity contribution in [2.75, 3.05) is 24.4 Å². The molecule has 2 heterocycles. The van der Waals surface area contributed by atoms with Crippen LogP contribution in [0.2, 0.25) is 0 Å². The van der Waals surface area contributed by atoms with Gasteiger partial charge in [0.2, 0.25) is 0 Å². The Morgan fingerprint density at radius 1 is 1.21 bits per heavy atom. The van der Waals surface area contributed by atoms with Crippen molar-refractivity contribution in [1.82, 2.24) is 9.97 Å². The number of H-pyrrole nitrogens is 1. The molecule has 0 saturated heterocycles. The van der Waals surface area contributed by atoms with E-state index in [-0.39, 0.29) is 35.5 Å². The average molecular weight is 351 g/mol. The van der Waals surface area contributed by atoms with E-state index in [0.717, 1.165) is 0 Å². The molecule has 1 aromatic heterocycles. The van der Waals surface area contributed by atoms with Crippen LogP contribution in [0.15, 0.2) is 9.95 Å². The largest absolute Gasteiger partial charge is 0.376 e. The standard InChI is InChI=1S/C16H21N3O4S/c1-15(2)5-10(21)16(11(22)6-15)4-9-12(19(7-16)8-20)17-14(24-3)18-13(9)23/h20H,4-8H2,1-3H3,(H,17,18,23). The first kappa shape index (κ1) is 17.2. The van der Waals surface area contributed by atoms with E-state index in [1.165, 1.54) is 16.7 Å². The molecule has 130 valence electrons. The summed E-state index contributed by atoms with van der Waals surface area (Å²) < 4.78 is 0. The number of nitrogens with zero attached hydrogens (tertiary/aromatic N) is 2. The minimum absolute atomic E-state index is 0.0591. The van der Waals surface area contributed by atoms with E-state index in [9.17, 15) is 19.5 Å². The summed E-state index contributed by atoms with van der Waals surface area (Å²) in [5.41, 5.74) is -1.67. The van der Waals surface area contributed by atoms with E-state index in [1.807, 2.05) is 13.8 Å². The molecular weight excluding hydrogens is 330 g/mol. The second kappa shape index (κ2) is 5.70. The Balaban J connectivity index is 2.11. The zero-order chi connectivity index (χ0) is 17.7. The molecule has 3 rings (SSSR count). The van der Waals surface area contributed by atoms with Gasteiger partial charge in [0, 0.05) is 25.8 Å². The first-order valence-electron chi connectivity index (χ1n) is 7.82. The SMILES string of the molecule is CSc1nc2c(c(=O)[nH]1)CC1(CN2CO)C(=O)CC(C)(C)CC1=O. The molecule has 1 spiro atoms. The minimum Gasteiger partial charge on any atom is -0.376 e. The van der Waals surface area contributed by atoms with Gasteiger partial charge in [0.25, 0.3) is 5.56 Å². The molecule has 0 amide bonds. The number of carbonyl (C=O) groups is 2. The number of hydrogen-bond acceptors (Lipinski definition) is 7. The molecule has 2 N–H and O–H groups in total. The second-order valence-corrected chi connectivity index (χ2v) is 8.13. The van der Waals surface area contributed by atoms with Crippen molar-refractivity contribution >= 4 is 29.1 Å². The normalized spacial score (nSPS) is 21.9. The van der Waals surface area contributed by atoms with Crippen LogP contribution in [0, 0.1) is 10.8 Å². The Bertz CT molecular complexity index is 751. The third-order valence-electron chi connectivity index (χ3n) is 4.92. The van der Waals surface area contributed by atoms with Crippen LogP contribution >= 0.6 is 11.8 Å². The van der Waals surface area contributed by atoms with E-state index in [0.29, 0.717) is 29.4 Å². The summed E-state index contributed by atoms with van der Waals surface area (Å²) in [7, 11) is 0. The highest BCUT2D eigenvalue weighted by atomic mass is 32.2. The highest BCUT2D eigenvalue weighted by Gasteiger charge is 2.55. The van der Waals surface area contributed by atoms with Gasteiger partial charge in [0.15, 0.2) is 5.16 Å². The van der Waals surface area contributed by atoms with Gasteiger partial charge in [-0.05, 0) is 11.7 Å². The van der Waals surface area contributed by atoms with Crippen molar-refractivity contribution < 1.29 is 14.7 Å². The Morgan fingerprint density at radius 3 is 2.38 bits per heavy atom. The lowest BCUT2D eigenvalue weighted by atomic mass is 9.60. The van der Waals surface area contributed by atoms with Gasteiger partial charge in [-0.15, -0.1) is 0 Å². The van der Waals surface area contributed by atoms with Crippen LogP contribution in [-0.2, 0) is 16.0 Å². The smallest absolute Gasteiger partial charge is 0.256 e. The average Bonchev–Trinajstić information content (AvgIpc) is 2.51. The number of aliphatic hydroxyl groups is 1. The van der Waals surface area contributed by atoms with Crippen molar-refractivity contribution in [3.8, 4) is 0 Å². The molecule has 1 fully saturated rings. The van der Waals surface area contributed by atoms with Gasteiger partial charge < -0.3 is 15.0 Å². The number of fused-ring (bicyclic) bond motifs is 1. The van der Waals surface area contributed by atoms with Crippen LogP contribution in [-0.4, -0.2) is 46.2 Å². The number of anilines is 1. The molecule has 1 aromatic rings. The zero-order valence-electron chi connectivity index (χ0n) is 14.0. The Labute approximate surface area is 143 Å². The fourth-order valence-corrected chi connectivity index (χ4v) is 4.03. The number of carbonyl (C=O) groups excluding carboxylic acids is 2. The van der Waals surface area contributed by atoms with Gasteiger partial charge in [0.05, 0.1) is 5.56 Å². The second-order valence-electron chi connectivity index (χ2n) is 7.34. The van der Waals surface area contributed by atoms with Crippen LogP contribution < -0.4 is 10.5 Å². The summed E-state index contributed by atoms with van der Waals surface area (Å²) in [6, 6.07) is 0. The summed E-state index contributed by atoms with van der Waals surface area (Å²) >= 11 is 1.29. The Kier molecular flexibility index (Phi) is 4.08. The number of Topliss-reactive ketones (excluding diaryl/α,β-unsaturated/α-hetero) is 2. The van der Waals surface area contributed by atoms with Crippen LogP contribution in [0.1, 0.15) is 32.3 Å². The first-order valence-corrected chi connectivity index (χ1v) is 9.04. The van der Waals surface area contributed by atoms with E-state index in [2.05, 4.69) is 9.97 Å². The van der Waals surface area contributed by atoms with Gasteiger partial charge >= 0.3 is 0 Å². The van der Waals surface area contributed by atoms with Gasteiger partial charge in [0.1, 0.15) is 29.5 Å². The topological polar surface area (TPSA) is 103 Å². The summed E-state index contributed by atoms with van der Waals surface area (Å²) in [4.78, 5) is 46.6. The fraction of sp³-hybridized carbons (Fsp3) is 0.625. The molecule has 0 aromatic carbocycles. The van der Waals surface area contributed by atoms with Crippen molar-refractivity contribution in [1.29, 1.82) is 0 Å². The number of aromatic amines is 1. The maximum atomic E-state index is 12.8. The van der Waals surface area contributed by atoms with Crippen LogP contribution in [0.3, 0.4) is 0 Å². The van der Waals surface area contributed by atoms with Crippen LogP contribution in [0.25, 0.3) is 0 Å². The quantitative estimate of drug-likeness (QED) is 0.460. The van der Waals surface area contributed by atoms with Crippen molar-refractivity contribution in [3.05, 3.63) is 15.9 Å². The summed E-state index contributed by atoms with van der Waals surface area (Å²) in [6.45, 7) is 3.47. The van der Waals surface area contributed by atoms with Gasteiger partial charge in [-0.1, -0.05) is 25.6 Å². The number of thioether (sulfide) groups is 1. The van der Waals surface area contributed by atoms with E-state index in [4.69, 9.17) is 0 Å². The van der Waals surface area contributed by atoms with E-state index < -0.39 is 12.1 Å². The number of aliphatic hydroxyl groups excluding tert-OH is 1. The molecule has 0 unspecified atom stereocenters. The summed E-state index contributed by atoms with van der Waals surface area (Å²) in [6.07, 6.45) is 2.43. The number of hydrogen-bond donors (Lipinski definition) is 2. The number of rotatable bonds is 2. The Hall–Kier alpha value is -1.67. The lowest BCUT2D eigenvalue weighted by molar-refractivity contribution is -0.148. The molecule has 1 saturated carbocycles. The highest BCUT2D eigenvalue weighted by Crippen LogP contribution is 2.45. The van der Waals surface area contributed by atoms with Crippen molar-refractivity contribution in [3.63, 3.8) is 0 Å². The highest BCUT2D eigenvalue weighted by molar-refractivity contribution is 7.98.